The van der Waals surface area contributed by atoms with Crippen LogP contribution in [-0.4, -0.2) is 38.0 Å². The van der Waals surface area contributed by atoms with Gasteiger partial charge in [0.1, 0.15) is 5.65 Å². The van der Waals surface area contributed by atoms with E-state index in [1.165, 1.54) is 16.5 Å². The van der Waals surface area contributed by atoms with Gasteiger partial charge < -0.3 is 14.6 Å². The minimum atomic E-state index is -0.856. The molecular weight excluding hydrogens is 366 g/mol. The molecule has 3 aromatic rings. The van der Waals surface area contributed by atoms with Crippen molar-refractivity contribution < 1.29 is 14.7 Å². The summed E-state index contributed by atoms with van der Waals surface area (Å²) in [5.41, 5.74) is 4.70. The van der Waals surface area contributed by atoms with E-state index in [4.69, 9.17) is 5.11 Å². The molecular formula is C23H25N3O3. The van der Waals surface area contributed by atoms with E-state index < -0.39 is 5.97 Å². The van der Waals surface area contributed by atoms with Gasteiger partial charge in [-0.15, -0.1) is 0 Å². The van der Waals surface area contributed by atoms with Gasteiger partial charge in [0.15, 0.2) is 0 Å². The molecule has 0 radical (unpaired) electrons. The van der Waals surface area contributed by atoms with Crippen LogP contribution in [0, 0.1) is 0 Å². The molecule has 6 heteroatoms. The molecule has 0 saturated heterocycles. The third-order valence-corrected chi connectivity index (χ3v) is 5.61. The topological polar surface area (TPSA) is 75.4 Å². The number of carbonyl (C=O) groups excluding carboxylic acids is 1. The largest absolute Gasteiger partial charge is 0.481 e. The third-order valence-electron chi connectivity index (χ3n) is 5.61. The van der Waals surface area contributed by atoms with E-state index >= 15 is 0 Å². The number of hydrogen-bond donors (Lipinski definition) is 1. The fourth-order valence-corrected chi connectivity index (χ4v) is 4.15. The van der Waals surface area contributed by atoms with Crippen LogP contribution >= 0.6 is 0 Å². The van der Waals surface area contributed by atoms with Crippen LogP contribution < -0.4 is 0 Å². The molecule has 1 amide bonds. The molecule has 4 rings (SSSR count). The monoisotopic (exact) mass is 391 g/mol. The predicted molar refractivity (Wildman–Crippen MR) is 110 cm³/mol. The summed E-state index contributed by atoms with van der Waals surface area (Å²) >= 11 is 0. The SMILES string of the molecule is O=C(O)CCCC(=O)N1CCc2c(n(CCc3ccccc3)c3ncccc23)C1. The van der Waals surface area contributed by atoms with Crippen LogP contribution in [0.3, 0.4) is 0 Å². The van der Waals surface area contributed by atoms with E-state index in [1.54, 1.807) is 0 Å². The summed E-state index contributed by atoms with van der Waals surface area (Å²) in [6.07, 6.45) is 4.23. The molecule has 2 aromatic heterocycles. The number of rotatable bonds is 7. The number of nitrogens with zero attached hydrogens (tertiary/aromatic N) is 3. The summed E-state index contributed by atoms with van der Waals surface area (Å²) in [7, 11) is 0. The molecule has 1 aromatic carbocycles. The number of pyridine rings is 1. The van der Waals surface area contributed by atoms with Gasteiger partial charge in [-0.25, -0.2) is 4.98 Å². The lowest BCUT2D eigenvalue weighted by Gasteiger charge is -2.28. The van der Waals surface area contributed by atoms with Crippen molar-refractivity contribution in [3.63, 3.8) is 0 Å². The molecule has 1 aliphatic heterocycles. The fourth-order valence-electron chi connectivity index (χ4n) is 4.15. The number of benzene rings is 1. The first-order valence-corrected chi connectivity index (χ1v) is 10.1. The van der Waals surface area contributed by atoms with Crippen molar-refractivity contribution in [1.82, 2.24) is 14.5 Å². The van der Waals surface area contributed by atoms with Gasteiger partial charge in [-0.05, 0) is 42.5 Å². The highest BCUT2D eigenvalue weighted by atomic mass is 16.4. The summed E-state index contributed by atoms with van der Waals surface area (Å²) in [6.45, 7) is 2.05. The Kier molecular flexibility index (Phi) is 5.60. The molecule has 0 aliphatic carbocycles. The Bertz CT molecular complexity index is 1030. The van der Waals surface area contributed by atoms with Crippen LogP contribution in [0.5, 0.6) is 0 Å². The molecule has 0 saturated carbocycles. The first-order valence-electron chi connectivity index (χ1n) is 10.1. The number of carboxylic acid groups (broad SMARTS) is 1. The van der Waals surface area contributed by atoms with E-state index in [0.717, 1.165) is 30.7 Å². The Morgan fingerprint density at radius 2 is 1.90 bits per heavy atom. The van der Waals surface area contributed by atoms with Gasteiger partial charge in [0.05, 0.1) is 6.54 Å². The van der Waals surface area contributed by atoms with Crippen LogP contribution in [0.1, 0.15) is 36.1 Å². The maximum atomic E-state index is 12.6. The van der Waals surface area contributed by atoms with Crippen molar-refractivity contribution >= 4 is 22.9 Å². The molecule has 0 bridgehead atoms. The summed E-state index contributed by atoms with van der Waals surface area (Å²) in [4.78, 5) is 29.8. The normalized spacial score (nSPS) is 13.4. The number of carboxylic acids is 1. The summed E-state index contributed by atoms with van der Waals surface area (Å²) in [6, 6.07) is 14.5. The van der Waals surface area contributed by atoms with Gasteiger partial charge in [0.2, 0.25) is 5.91 Å². The van der Waals surface area contributed by atoms with Gasteiger partial charge in [-0.1, -0.05) is 30.3 Å². The smallest absolute Gasteiger partial charge is 0.303 e. The molecule has 150 valence electrons. The van der Waals surface area contributed by atoms with Crippen LogP contribution in [-0.2, 0) is 35.5 Å². The van der Waals surface area contributed by atoms with Gasteiger partial charge in [0.25, 0.3) is 0 Å². The number of carbonyl (C=O) groups is 2. The first kappa shape index (κ1) is 19.2. The molecule has 0 fully saturated rings. The fraction of sp³-hybridized carbons (Fsp3) is 0.348. The number of aryl methyl sites for hydroxylation is 2. The van der Waals surface area contributed by atoms with Crippen molar-refractivity contribution in [2.24, 2.45) is 0 Å². The zero-order valence-electron chi connectivity index (χ0n) is 16.4. The molecule has 0 atom stereocenters. The van der Waals surface area contributed by atoms with Crippen LogP contribution in [0.15, 0.2) is 48.7 Å². The second-order valence-corrected chi connectivity index (χ2v) is 7.50. The average Bonchev–Trinajstić information content (AvgIpc) is 3.05. The van der Waals surface area contributed by atoms with Crippen molar-refractivity contribution in [3.05, 3.63) is 65.5 Å². The van der Waals surface area contributed by atoms with Crippen LogP contribution in [0.2, 0.25) is 0 Å². The zero-order valence-corrected chi connectivity index (χ0v) is 16.4. The lowest BCUT2D eigenvalue weighted by atomic mass is 10.0. The highest BCUT2D eigenvalue weighted by Crippen LogP contribution is 2.30. The van der Waals surface area contributed by atoms with E-state index in [1.807, 2.05) is 35.4 Å². The van der Waals surface area contributed by atoms with E-state index in [-0.39, 0.29) is 18.7 Å². The van der Waals surface area contributed by atoms with Gasteiger partial charge in [0, 0.05) is 43.2 Å². The van der Waals surface area contributed by atoms with Crippen molar-refractivity contribution in [2.45, 2.75) is 45.2 Å². The molecule has 1 N–H and O–H groups in total. The van der Waals surface area contributed by atoms with Crippen molar-refractivity contribution in [1.29, 1.82) is 0 Å². The van der Waals surface area contributed by atoms with Gasteiger partial charge in [-0.2, -0.15) is 0 Å². The number of aliphatic carboxylic acids is 1. The number of fused-ring (bicyclic) bond motifs is 3. The summed E-state index contributed by atoms with van der Waals surface area (Å²) in [5, 5.41) is 9.98. The second kappa shape index (κ2) is 8.47. The molecule has 1 aliphatic rings. The van der Waals surface area contributed by atoms with Gasteiger partial charge >= 0.3 is 5.97 Å². The highest BCUT2D eigenvalue weighted by Gasteiger charge is 2.26. The van der Waals surface area contributed by atoms with Crippen LogP contribution in [0.25, 0.3) is 11.0 Å². The molecule has 0 unspecified atom stereocenters. The quantitative estimate of drug-likeness (QED) is 0.670. The van der Waals surface area contributed by atoms with Crippen LogP contribution in [0.4, 0.5) is 0 Å². The third kappa shape index (κ3) is 4.16. The number of aromatic nitrogens is 2. The highest BCUT2D eigenvalue weighted by molar-refractivity contribution is 5.84. The zero-order chi connectivity index (χ0) is 20.2. The number of hydrogen-bond acceptors (Lipinski definition) is 3. The van der Waals surface area contributed by atoms with Crippen molar-refractivity contribution in [2.75, 3.05) is 6.54 Å². The molecule has 6 nitrogen and oxygen atoms in total. The van der Waals surface area contributed by atoms with E-state index in [0.29, 0.717) is 19.5 Å². The average molecular weight is 391 g/mol. The minimum absolute atomic E-state index is 0.0322. The van der Waals surface area contributed by atoms with Gasteiger partial charge in [-0.3, -0.25) is 9.59 Å². The Labute approximate surface area is 169 Å². The Morgan fingerprint density at radius 1 is 1.07 bits per heavy atom. The summed E-state index contributed by atoms with van der Waals surface area (Å²) < 4.78 is 2.26. The lowest BCUT2D eigenvalue weighted by Crippen LogP contribution is -2.36. The molecule has 29 heavy (non-hydrogen) atoms. The molecule has 0 spiro atoms. The predicted octanol–water partition coefficient (Wildman–Crippen LogP) is 3.42. The standard InChI is InChI=1S/C23H25N3O3/c27-21(9-4-10-22(28)29)25-14-12-18-19-8-5-13-24-23(19)26(20(18)16-25)15-11-17-6-2-1-3-7-17/h1-3,5-8,13H,4,9-12,14-16H2,(H,28,29). The Balaban J connectivity index is 1.57. The van der Waals surface area contributed by atoms with Crippen molar-refractivity contribution in [3.8, 4) is 0 Å². The maximum Gasteiger partial charge on any atom is 0.303 e. The minimum Gasteiger partial charge on any atom is -0.481 e. The molecule has 3 heterocycles. The van der Waals surface area contributed by atoms with E-state index in [9.17, 15) is 9.59 Å². The number of amides is 1. The summed E-state index contributed by atoms with van der Waals surface area (Å²) in [5.74, 6) is -0.824. The first-order chi connectivity index (χ1) is 14.1. The Hall–Kier alpha value is -3.15. The van der Waals surface area contributed by atoms with E-state index in [2.05, 4.69) is 27.8 Å². The second-order valence-electron chi connectivity index (χ2n) is 7.50. The Morgan fingerprint density at radius 3 is 2.69 bits per heavy atom. The maximum absolute atomic E-state index is 12.6. The lowest BCUT2D eigenvalue weighted by molar-refractivity contribution is -0.137.